The quantitative estimate of drug-likeness (QED) is 0.488. The molecule has 0 atom stereocenters. The van der Waals surface area contributed by atoms with Crippen LogP contribution < -0.4 is 16.6 Å². The SMILES string of the molecule is CCn1c(=O)n(CC(=O)NCc2ccccc2Cl)c(=O)c2cnc(-c3ccccc3)nc21. The molecule has 9 heteroatoms. The second kappa shape index (κ2) is 9.15. The molecule has 2 aromatic carbocycles. The van der Waals surface area contributed by atoms with Gasteiger partial charge in [0.2, 0.25) is 5.91 Å². The molecule has 4 rings (SSSR count). The van der Waals surface area contributed by atoms with E-state index in [1.165, 1.54) is 10.8 Å². The van der Waals surface area contributed by atoms with Crippen molar-refractivity contribution in [2.24, 2.45) is 0 Å². The van der Waals surface area contributed by atoms with Crippen molar-refractivity contribution in [3.63, 3.8) is 0 Å². The number of benzene rings is 2. The van der Waals surface area contributed by atoms with E-state index in [4.69, 9.17) is 11.6 Å². The molecule has 0 aliphatic heterocycles. The predicted molar refractivity (Wildman–Crippen MR) is 122 cm³/mol. The van der Waals surface area contributed by atoms with Crippen molar-refractivity contribution < 1.29 is 4.79 Å². The smallest absolute Gasteiger partial charge is 0.333 e. The van der Waals surface area contributed by atoms with Gasteiger partial charge in [0.05, 0.1) is 0 Å². The lowest BCUT2D eigenvalue weighted by molar-refractivity contribution is -0.121. The minimum atomic E-state index is -0.609. The largest absolute Gasteiger partial charge is 0.350 e. The van der Waals surface area contributed by atoms with E-state index < -0.39 is 23.7 Å². The monoisotopic (exact) mass is 449 g/mol. The first-order valence-electron chi connectivity index (χ1n) is 10.1. The fourth-order valence-corrected chi connectivity index (χ4v) is 3.59. The second-order valence-electron chi connectivity index (χ2n) is 7.08. The van der Waals surface area contributed by atoms with Gasteiger partial charge in [-0.25, -0.2) is 14.8 Å². The van der Waals surface area contributed by atoms with Gasteiger partial charge in [-0.15, -0.1) is 0 Å². The number of nitrogens with one attached hydrogen (secondary N) is 1. The molecule has 4 aromatic rings. The molecule has 2 aromatic heterocycles. The third kappa shape index (κ3) is 4.17. The summed E-state index contributed by atoms with van der Waals surface area (Å²) >= 11 is 6.11. The molecule has 0 saturated heterocycles. The van der Waals surface area contributed by atoms with Gasteiger partial charge in [0.1, 0.15) is 11.9 Å². The van der Waals surface area contributed by atoms with Crippen molar-refractivity contribution in [2.75, 3.05) is 0 Å². The zero-order chi connectivity index (χ0) is 22.7. The third-order valence-electron chi connectivity index (χ3n) is 5.05. The Labute approximate surface area is 188 Å². The highest BCUT2D eigenvalue weighted by Gasteiger charge is 2.17. The average Bonchev–Trinajstić information content (AvgIpc) is 2.82. The van der Waals surface area contributed by atoms with Gasteiger partial charge < -0.3 is 5.32 Å². The van der Waals surface area contributed by atoms with Crippen LogP contribution in [0.25, 0.3) is 22.4 Å². The Morgan fingerprint density at radius 3 is 2.47 bits per heavy atom. The maximum Gasteiger partial charge on any atom is 0.333 e. The molecule has 0 unspecified atom stereocenters. The second-order valence-corrected chi connectivity index (χ2v) is 7.49. The van der Waals surface area contributed by atoms with Gasteiger partial charge in [-0.1, -0.05) is 60.1 Å². The molecular formula is C23H20ClN5O3. The maximum atomic E-state index is 13.0. The lowest BCUT2D eigenvalue weighted by atomic mass is 10.2. The van der Waals surface area contributed by atoms with Gasteiger partial charge in [-0.2, -0.15) is 0 Å². The highest BCUT2D eigenvalue weighted by Crippen LogP contribution is 2.16. The molecule has 162 valence electrons. The van der Waals surface area contributed by atoms with Crippen LogP contribution in [0.5, 0.6) is 0 Å². The molecular weight excluding hydrogens is 430 g/mol. The summed E-state index contributed by atoms with van der Waals surface area (Å²) in [4.78, 5) is 47.3. The van der Waals surface area contributed by atoms with Crippen molar-refractivity contribution >= 4 is 28.5 Å². The van der Waals surface area contributed by atoms with Gasteiger partial charge in [0, 0.05) is 29.9 Å². The molecule has 32 heavy (non-hydrogen) atoms. The molecule has 0 bridgehead atoms. The van der Waals surface area contributed by atoms with Crippen molar-refractivity contribution in [1.29, 1.82) is 0 Å². The van der Waals surface area contributed by atoms with Crippen LogP contribution in [-0.4, -0.2) is 25.0 Å². The Kier molecular flexibility index (Phi) is 6.13. The van der Waals surface area contributed by atoms with E-state index in [2.05, 4.69) is 15.3 Å². The summed E-state index contributed by atoms with van der Waals surface area (Å²) in [5.41, 5.74) is 0.538. The minimum Gasteiger partial charge on any atom is -0.350 e. The van der Waals surface area contributed by atoms with Crippen LogP contribution in [0.2, 0.25) is 5.02 Å². The van der Waals surface area contributed by atoms with Crippen molar-refractivity contribution in [3.05, 3.63) is 92.2 Å². The molecule has 8 nitrogen and oxygen atoms in total. The number of amides is 1. The number of aromatic nitrogens is 4. The fourth-order valence-electron chi connectivity index (χ4n) is 3.38. The molecule has 0 spiro atoms. The van der Waals surface area contributed by atoms with Crippen LogP contribution in [0, 0.1) is 0 Å². The molecule has 0 aliphatic rings. The van der Waals surface area contributed by atoms with Crippen LogP contribution in [-0.2, 0) is 24.4 Å². The summed E-state index contributed by atoms with van der Waals surface area (Å²) in [6.07, 6.45) is 1.40. The summed E-state index contributed by atoms with van der Waals surface area (Å²) in [6, 6.07) is 16.4. The Morgan fingerprint density at radius 1 is 1.03 bits per heavy atom. The van der Waals surface area contributed by atoms with Crippen LogP contribution in [0.15, 0.2) is 70.4 Å². The standard InChI is InChI=1S/C23H20ClN5O3/c1-2-28-21-17(13-26-20(27-21)15-8-4-3-5-9-15)22(31)29(23(28)32)14-19(30)25-12-16-10-6-7-11-18(16)24/h3-11,13H,2,12,14H2,1H3,(H,25,30). The molecule has 1 amide bonds. The van der Waals surface area contributed by atoms with Gasteiger partial charge in [0.15, 0.2) is 11.5 Å². The number of halogens is 1. The summed E-state index contributed by atoms with van der Waals surface area (Å²) in [7, 11) is 0. The zero-order valence-electron chi connectivity index (χ0n) is 17.3. The van der Waals surface area contributed by atoms with E-state index in [1.54, 1.807) is 25.1 Å². The van der Waals surface area contributed by atoms with Crippen molar-refractivity contribution in [3.8, 4) is 11.4 Å². The Hall–Kier alpha value is -3.78. The van der Waals surface area contributed by atoms with Crippen molar-refractivity contribution in [2.45, 2.75) is 26.6 Å². The molecule has 0 saturated carbocycles. The summed E-state index contributed by atoms with van der Waals surface area (Å²) in [5.74, 6) is -0.0673. The third-order valence-corrected chi connectivity index (χ3v) is 5.41. The Bertz CT molecular complexity index is 1410. The summed E-state index contributed by atoms with van der Waals surface area (Å²) < 4.78 is 2.27. The van der Waals surface area contributed by atoms with Gasteiger partial charge in [0.25, 0.3) is 5.56 Å². The first-order chi connectivity index (χ1) is 15.5. The molecule has 2 heterocycles. The van der Waals surface area contributed by atoms with Crippen LogP contribution >= 0.6 is 11.6 Å². The van der Waals surface area contributed by atoms with Crippen LogP contribution in [0.4, 0.5) is 0 Å². The molecule has 0 aliphatic carbocycles. The first-order valence-corrected chi connectivity index (χ1v) is 10.4. The van der Waals surface area contributed by atoms with Gasteiger partial charge >= 0.3 is 5.69 Å². The number of rotatable bonds is 6. The maximum absolute atomic E-state index is 13.0. The lowest BCUT2D eigenvalue weighted by Gasteiger charge is -2.13. The van der Waals surface area contributed by atoms with Crippen LogP contribution in [0.1, 0.15) is 12.5 Å². The predicted octanol–water partition coefficient (Wildman–Crippen LogP) is 2.61. The average molecular weight is 450 g/mol. The number of hydrogen-bond donors (Lipinski definition) is 1. The van der Waals surface area contributed by atoms with E-state index >= 15 is 0 Å². The van der Waals surface area contributed by atoms with E-state index in [0.29, 0.717) is 10.8 Å². The van der Waals surface area contributed by atoms with E-state index in [1.807, 2.05) is 36.4 Å². The number of fused-ring (bicyclic) bond motifs is 1. The topological polar surface area (TPSA) is 98.9 Å². The normalized spacial score (nSPS) is 10.9. The number of nitrogens with zero attached hydrogens (tertiary/aromatic N) is 4. The summed E-state index contributed by atoms with van der Waals surface area (Å²) in [5, 5.41) is 3.39. The van der Waals surface area contributed by atoms with Gasteiger partial charge in [-0.05, 0) is 18.6 Å². The highest BCUT2D eigenvalue weighted by molar-refractivity contribution is 6.31. The Morgan fingerprint density at radius 2 is 1.75 bits per heavy atom. The number of aryl methyl sites for hydroxylation is 1. The Balaban J connectivity index is 1.68. The highest BCUT2D eigenvalue weighted by atomic mass is 35.5. The molecule has 0 fully saturated rings. The lowest BCUT2D eigenvalue weighted by Crippen LogP contribution is -2.44. The number of carbonyl (C=O) groups excluding carboxylic acids is 1. The van der Waals surface area contributed by atoms with Gasteiger partial charge in [-0.3, -0.25) is 18.7 Å². The molecule has 0 radical (unpaired) electrons. The minimum absolute atomic E-state index is 0.171. The number of hydrogen-bond acceptors (Lipinski definition) is 5. The number of carbonyl (C=O) groups is 1. The van der Waals surface area contributed by atoms with Crippen LogP contribution in [0.3, 0.4) is 0 Å². The van der Waals surface area contributed by atoms with E-state index in [9.17, 15) is 14.4 Å². The summed E-state index contributed by atoms with van der Waals surface area (Å²) in [6.45, 7) is 1.82. The zero-order valence-corrected chi connectivity index (χ0v) is 18.0. The fraction of sp³-hybridized carbons (Fsp3) is 0.174. The van der Waals surface area contributed by atoms with E-state index in [0.717, 1.165) is 15.7 Å². The first kappa shape index (κ1) is 21.5. The van der Waals surface area contributed by atoms with E-state index in [-0.39, 0.29) is 24.1 Å². The molecule has 1 N–H and O–H groups in total. The van der Waals surface area contributed by atoms with Crippen molar-refractivity contribution in [1.82, 2.24) is 24.4 Å².